The van der Waals surface area contributed by atoms with Gasteiger partial charge in [0.25, 0.3) is 0 Å². The second-order valence-electron chi connectivity index (χ2n) is 7.69. The summed E-state index contributed by atoms with van der Waals surface area (Å²) in [6.45, 7) is 2.23. The smallest absolute Gasteiger partial charge is 0.338 e. The van der Waals surface area contributed by atoms with Crippen LogP contribution in [0.3, 0.4) is 0 Å². The maximum absolute atomic E-state index is 11.9. The Morgan fingerprint density at radius 3 is 1.81 bits per heavy atom. The Balaban J connectivity index is 2.22. The van der Waals surface area contributed by atoms with Gasteiger partial charge in [0.2, 0.25) is 5.75 Å². The number of carbonyl (C=O) groups is 2. The van der Waals surface area contributed by atoms with Crippen molar-refractivity contribution in [2.24, 2.45) is 0 Å². The zero-order valence-electron chi connectivity index (χ0n) is 19.3. The molecule has 1 aromatic carbocycles. The number of unbranched alkanes of at least 4 members (excludes halogenated alkanes) is 10. The average molecular weight is 435 g/mol. The Kier molecular flexibility index (Phi) is 13.9. The number of esters is 2. The first-order valence-electron chi connectivity index (χ1n) is 11.4. The number of hydrogen-bond acceptors (Lipinski definition) is 6. The highest BCUT2D eigenvalue weighted by molar-refractivity contribution is 5.94. The van der Waals surface area contributed by atoms with Crippen molar-refractivity contribution in [2.45, 2.75) is 84.0 Å². The summed E-state index contributed by atoms with van der Waals surface area (Å²) in [5.74, 6) is -0.905. The molecule has 1 rings (SSSR count). The number of carbonyl (C=O) groups excluding carboxylic acids is 2. The van der Waals surface area contributed by atoms with E-state index in [1.165, 1.54) is 77.7 Å². The van der Waals surface area contributed by atoms with Gasteiger partial charge in [-0.25, -0.2) is 4.79 Å². The Bertz CT molecular complexity index is 670. The second-order valence-corrected chi connectivity index (χ2v) is 7.69. The van der Waals surface area contributed by atoms with Crippen LogP contribution in [0.4, 0.5) is 0 Å². The molecule has 31 heavy (non-hydrogen) atoms. The number of phenolic OH excluding ortho intramolecular Hbond substituents is 1. The highest BCUT2D eigenvalue weighted by Gasteiger charge is 2.11. The van der Waals surface area contributed by atoms with Gasteiger partial charge in [0.15, 0.2) is 11.5 Å². The summed E-state index contributed by atoms with van der Waals surface area (Å²) < 4.78 is 15.0. The fraction of sp³-hybridized carbons (Fsp3) is 0.600. The lowest BCUT2D eigenvalue weighted by Crippen LogP contribution is -2.09. The number of rotatable bonds is 16. The molecule has 0 unspecified atom stereocenters. The van der Waals surface area contributed by atoms with Crippen LogP contribution < -0.4 is 9.47 Å². The van der Waals surface area contributed by atoms with Crippen LogP contribution in [0.2, 0.25) is 0 Å². The minimum Gasteiger partial charge on any atom is -0.502 e. The van der Waals surface area contributed by atoms with Crippen molar-refractivity contribution >= 4 is 18.0 Å². The van der Waals surface area contributed by atoms with E-state index in [1.807, 2.05) is 0 Å². The largest absolute Gasteiger partial charge is 0.502 e. The molecule has 1 N–H and O–H groups in total. The molecular weight excluding hydrogens is 396 g/mol. The first-order valence-corrected chi connectivity index (χ1v) is 11.4. The van der Waals surface area contributed by atoms with E-state index in [9.17, 15) is 14.7 Å². The lowest BCUT2D eigenvalue weighted by molar-refractivity contribution is -0.156. The third-order valence-electron chi connectivity index (χ3n) is 5.11. The van der Waals surface area contributed by atoms with Gasteiger partial charge in [0.1, 0.15) is 0 Å². The molecule has 0 heterocycles. The van der Waals surface area contributed by atoms with E-state index in [0.717, 1.165) is 19.3 Å². The van der Waals surface area contributed by atoms with Crippen LogP contribution in [-0.2, 0) is 14.3 Å². The van der Waals surface area contributed by atoms with E-state index in [4.69, 9.17) is 14.2 Å². The van der Waals surface area contributed by atoms with Gasteiger partial charge < -0.3 is 19.3 Å². The van der Waals surface area contributed by atoms with Gasteiger partial charge in [-0.1, -0.05) is 71.1 Å². The van der Waals surface area contributed by atoms with Crippen molar-refractivity contribution in [2.75, 3.05) is 14.2 Å². The molecule has 6 nitrogen and oxygen atoms in total. The zero-order chi connectivity index (χ0) is 22.9. The third kappa shape index (κ3) is 11.5. The third-order valence-corrected chi connectivity index (χ3v) is 5.11. The van der Waals surface area contributed by atoms with Crippen molar-refractivity contribution in [3.05, 3.63) is 23.8 Å². The van der Waals surface area contributed by atoms with Gasteiger partial charge in [0.05, 0.1) is 14.2 Å². The molecule has 174 valence electrons. The normalized spacial score (nSPS) is 10.9. The average Bonchev–Trinajstić information content (AvgIpc) is 2.76. The van der Waals surface area contributed by atoms with Crippen molar-refractivity contribution in [1.29, 1.82) is 0 Å². The maximum atomic E-state index is 11.9. The number of methoxy groups -OCH3 is 2. The first-order chi connectivity index (χ1) is 15.0. The second kappa shape index (κ2) is 16.2. The highest BCUT2D eigenvalue weighted by Crippen LogP contribution is 2.37. The van der Waals surface area contributed by atoms with Gasteiger partial charge in [-0.3, -0.25) is 4.79 Å². The number of benzene rings is 1. The van der Waals surface area contributed by atoms with Crippen molar-refractivity contribution in [1.82, 2.24) is 0 Å². The quantitative estimate of drug-likeness (QED) is 0.144. The molecule has 0 aromatic heterocycles. The lowest BCUT2D eigenvalue weighted by atomic mass is 10.1. The fourth-order valence-corrected chi connectivity index (χ4v) is 3.31. The predicted octanol–water partition coefficient (Wildman–Crippen LogP) is 6.19. The Hall–Kier alpha value is -2.50. The molecule has 1 aromatic rings. The lowest BCUT2D eigenvalue weighted by Gasteiger charge is -2.09. The van der Waals surface area contributed by atoms with Gasteiger partial charge in [-0.2, -0.15) is 0 Å². The van der Waals surface area contributed by atoms with Crippen LogP contribution in [-0.4, -0.2) is 31.3 Å². The minimum absolute atomic E-state index is 0.119. The molecule has 0 amide bonds. The summed E-state index contributed by atoms with van der Waals surface area (Å²) in [5.41, 5.74) is 0.571. The molecule has 0 saturated carbocycles. The molecule has 0 aliphatic rings. The summed E-state index contributed by atoms with van der Waals surface area (Å²) in [7, 11) is 2.84. The van der Waals surface area contributed by atoms with Crippen LogP contribution in [0.15, 0.2) is 18.2 Å². The Labute approximate surface area is 186 Å². The van der Waals surface area contributed by atoms with Crippen LogP contribution in [0, 0.1) is 0 Å². The number of hydrogen-bond donors (Lipinski definition) is 1. The molecule has 0 fully saturated rings. The molecule has 0 aliphatic heterocycles. The maximum Gasteiger partial charge on any atom is 0.338 e. The van der Waals surface area contributed by atoms with Gasteiger partial charge in [-0.15, -0.1) is 0 Å². The number of aromatic hydroxyl groups is 1. The Morgan fingerprint density at radius 2 is 1.32 bits per heavy atom. The van der Waals surface area contributed by atoms with Crippen molar-refractivity contribution in [3.8, 4) is 17.2 Å². The van der Waals surface area contributed by atoms with E-state index >= 15 is 0 Å². The topological polar surface area (TPSA) is 82.1 Å². The molecule has 0 saturated heterocycles. The minimum atomic E-state index is -0.723. The van der Waals surface area contributed by atoms with E-state index < -0.39 is 11.9 Å². The molecule has 0 radical (unpaired) electrons. The molecular formula is C25H38O6. The molecule has 0 bridgehead atoms. The molecule has 0 atom stereocenters. The SMILES string of the molecule is CCCCCCCCCCCCCC(=O)OC(=O)/C=C/c1cc(OC)c(O)c(OC)c1. The predicted molar refractivity (Wildman–Crippen MR) is 122 cm³/mol. The summed E-state index contributed by atoms with van der Waals surface area (Å²) in [5, 5.41) is 9.90. The molecule has 0 spiro atoms. The summed E-state index contributed by atoms with van der Waals surface area (Å²) in [4.78, 5) is 23.7. The summed E-state index contributed by atoms with van der Waals surface area (Å²) in [6.07, 6.45) is 16.1. The van der Waals surface area contributed by atoms with Crippen LogP contribution in [0.5, 0.6) is 17.2 Å². The van der Waals surface area contributed by atoms with E-state index in [0.29, 0.717) is 5.56 Å². The zero-order valence-corrected chi connectivity index (χ0v) is 19.3. The summed E-state index contributed by atoms with van der Waals surface area (Å²) in [6, 6.07) is 3.10. The van der Waals surface area contributed by atoms with Gasteiger partial charge >= 0.3 is 11.9 Å². The van der Waals surface area contributed by atoms with Crippen LogP contribution in [0.1, 0.15) is 89.5 Å². The van der Waals surface area contributed by atoms with E-state index in [-0.39, 0.29) is 23.7 Å². The van der Waals surface area contributed by atoms with Crippen LogP contribution >= 0.6 is 0 Å². The standard InChI is InChI=1S/C25H38O6/c1-4-5-6-7-8-9-10-11-12-13-14-15-23(26)31-24(27)17-16-20-18-21(29-2)25(28)22(19-20)30-3/h16-19,28H,4-15H2,1-3H3/b17-16+. The molecule has 6 heteroatoms. The van der Waals surface area contributed by atoms with E-state index in [2.05, 4.69) is 6.92 Å². The van der Waals surface area contributed by atoms with Crippen LogP contribution in [0.25, 0.3) is 6.08 Å². The van der Waals surface area contributed by atoms with Crippen molar-refractivity contribution in [3.63, 3.8) is 0 Å². The highest BCUT2D eigenvalue weighted by atomic mass is 16.6. The monoisotopic (exact) mass is 434 g/mol. The van der Waals surface area contributed by atoms with Gasteiger partial charge in [0, 0.05) is 12.5 Å². The number of ether oxygens (including phenoxy) is 3. The van der Waals surface area contributed by atoms with Gasteiger partial charge in [-0.05, 0) is 30.2 Å². The first kappa shape index (κ1) is 26.5. The number of phenols is 1. The van der Waals surface area contributed by atoms with Crippen molar-refractivity contribution < 1.29 is 28.9 Å². The Morgan fingerprint density at radius 1 is 0.839 bits per heavy atom. The molecule has 0 aliphatic carbocycles. The summed E-state index contributed by atoms with van der Waals surface area (Å²) >= 11 is 0. The van der Waals surface area contributed by atoms with E-state index in [1.54, 1.807) is 12.1 Å². The fourth-order valence-electron chi connectivity index (χ4n) is 3.31.